The predicted octanol–water partition coefficient (Wildman–Crippen LogP) is 3.73. The zero-order valence-electron chi connectivity index (χ0n) is 15.0. The SMILES string of the molecule is O=C(c1ccn(-c2ccc(F)cc2)n1)n1ccccc1=NC1CCCCC1. The third-order valence-electron chi connectivity index (χ3n) is 4.85. The number of aromatic nitrogens is 3. The predicted molar refractivity (Wildman–Crippen MR) is 100 cm³/mol. The monoisotopic (exact) mass is 364 g/mol. The van der Waals surface area contributed by atoms with E-state index in [-0.39, 0.29) is 17.8 Å². The van der Waals surface area contributed by atoms with Crippen molar-refractivity contribution in [3.8, 4) is 5.69 Å². The number of pyridine rings is 1. The van der Waals surface area contributed by atoms with Crippen molar-refractivity contribution in [2.75, 3.05) is 0 Å². The van der Waals surface area contributed by atoms with Crippen molar-refractivity contribution in [2.24, 2.45) is 4.99 Å². The topological polar surface area (TPSA) is 52.2 Å². The first-order valence-electron chi connectivity index (χ1n) is 9.28. The Labute approximate surface area is 156 Å². The van der Waals surface area contributed by atoms with Crippen LogP contribution in [0.25, 0.3) is 5.69 Å². The van der Waals surface area contributed by atoms with Crippen molar-refractivity contribution in [3.05, 3.63) is 77.9 Å². The number of benzene rings is 1. The van der Waals surface area contributed by atoms with Crippen LogP contribution >= 0.6 is 0 Å². The van der Waals surface area contributed by atoms with Crippen LogP contribution in [0.2, 0.25) is 0 Å². The third-order valence-corrected chi connectivity index (χ3v) is 4.85. The van der Waals surface area contributed by atoms with Gasteiger partial charge in [0.15, 0.2) is 5.69 Å². The molecule has 2 heterocycles. The normalized spacial score (nSPS) is 15.8. The highest BCUT2D eigenvalue weighted by molar-refractivity contribution is 5.93. The van der Waals surface area contributed by atoms with Gasteiger partial charge in [0.2, 0.25) is 0 Å². The van der Waals surface area contributed by atoms with Crippen LogP contribution in [0.1, 0.15) is 42.6 Å². The Morgan fingerprint density at radius 2 is 1.78 bits per heavy atom. The molecular weight excluding hydrogens is 343 g/mol. The van der Waals surface area contributed by atoms with Gasteiger partial charge in [-0.3, -0.25) is 14.4 Å². The summed E-state index contributed by atoms with van der Waals surface area (Å²) in [7, 11) is 0. The van der Waals surface area contributed by atoms with Crippen LogP contribution in [0.15, 0.2) is 65.9 Å². The molecule has 2 aromatic heterocycles. The molecule has 1 aliphatic carbocycles. The highest BCUT2D eigenvalue weighted by atomic mass is 19.1. The van der Waals surface area contributed by atoms with Gasteiger partial charge in [0.25, 0.3) is 5.91 Å². The van der Waals surface area contributed by atoms with Gasteiger partial charge < -0.3 is 0 Å². The van der Waals surface area contributed by atoms with Crippen molar-refractivity contribution >= 4 is 5.91 Å². The molecule has 1 fully saturated rings. The number of hydrogen-bond donors (Lipinski definition) is 0. The van der Waals surface area contributed by atoms with E-state index in [2.05, 4.69) is 5.10 Å². The fourth-order valence-corrected chi connectivity index (χ4v) is 3.41. The fourth-order valence-electron chi connectivity index (χ4n) is 3.41. The zero-order chi connectivity index (χ0) is 18.6. The van der Waals surface area contributed by atoms with E-state index in [0.717, 1.165) is 12.8 Å². The second kappa shape index (κ2) is 7.70. The highest BCUT2D eigenvalue weighted by Crippen LogP contribution is 2.19. The van der Waals surface area contributed by atoms with E-state index in [0.29, 0.717) is 16.9 Å². The maximum atomic E-state index is 13.1. The van der Waals surface area contributed by atoms with Gasteiger partial charge >= 0.3 is 0 Å². The molecule has 0 radical (unpaired) electrons. The van der Waals surface area contributed by atoms with Crippen molar-refractivity contribution in [2.45, 2.75) is 38.1 Å². The summed E-state index contributed by atoms with van der Waals surface area (Å²) in [6.07, 6.45) is 9.21. The molecule has 0 saturated heterocycles. The van der Waals surface area contributed by atoms with Gasteiger partial charge in [0.1, 0.15) is 11.3 Å². The van der Waals surface area contributed by atoms with Crippen molar-refractivity contribution in [3.63, 3.8) is 0 Å². The van der Waals surface area contributed by atoms with Crippen molar-refractivity contribution in [1.29, 1.82) is 0 Å². The lowest BCUT2D eigenvalue weighted by molar-refractivity contribution is 0.0949. The first kappa shape index (κ1) is 17.4. The first-order chi connectivity index (χ1) is 13.2. The second-order valence-corrected chi connectivity index (χ2v) is 6.78. The van der Waals surface area contributed by atoms with Crippen LogP contribution < -0.4 is 5.49 Å². The molecule has 1 aromatic carbocycles. The minimum Gasteiger partial charge on any atom is -0.266 e. The minimum atomic E-state index is -0.309. The summed E-state index contributed by atoms with van der Waals surface area (Å²) in [5.41, 5.74) is 1.67. The summed E-state index contributed by atoms with van der Waals surface area (Å²) in [4.78, 5) is 17.8. The lowest BCUT2D eigenvalue weighted by Crippen LogP contribution is -2.29. The van der Waals surface area contributed by atoms with Gasteiger partial charge in [0, 0.05) is 12.4 Å². The van der Waals surface area contributed by atoms with E-state index in [1.54, 1.807) is 39.8 Å². The van der Waals surface area contributed by atoms with Crippen molar-refractivity contribution in [1.82, 2.24) is 14.3 Å². The van der Waals surface area contributed by atoms with Gasteiger partial charge in [-0.15, -0.1) is 0 Å². The number of nitrogens with zero attached hydrogens (tertiary/aromatic N) is 4. The summed E-state index contributed by atoms with van der Waals surface area (Å²) >= 11 is 0. The molecule has 4 rings (SSSR count). The number of hydrogen-bond acceptors (Lipinski definition) is 3. The zero-order valence-corrected chi connectivity index (χ0v) is 15.0. The van der Waals surface area contributed by atoms with E-state index >= 15 is 0 Å². The molecule has 0 atom stereocenters. The Kier molecular flexibility index (Phi) is 4.96. The Balaban J connectivity index is 1.64. The molecule has 6 heteroatoms. The van der Waals surface area contributed by atoms with Gasteiger partial charge in [-0.05, 0) is 55.3 Å². The summed E-state index contributed by atoms with van der Waals surface area (Å²) in [6, 6.07) is 13.5. The Hall–Kier alpha value is -3.02. The van der Waals surface area contributed by atoms with Gasteiger partial charge in [-0.2, -0.15) is 5.10 Å². The molecule has 0 bridgehead atoms. The molecular formula is C21H21FN4O. The van der Waals surface area contributed by atoms with E-state index in [4.69, 9.17) is 4.99 Å². The fraction of sp³-hybridized carbons (Fsp3) is 0.286. The maximum absolute atomic E-state index is 13.1. The molecule has 0 amide bonds. The van der Waals surface area contributed by atoms with Crippen LogP contribution in [-0.4, -0.2) is 26.3 Å². The highest BCUT2D eigenvalue weighted by Gasteiger charge is 2.15. The summed E-state index contributed by atoms with van der Waals surface area (Å²) < 4.78 is 16.2. The summed E-state index contributed by atoms with van der Waals surface area (Å²) in [5, 5.41) is 4.36. The molecule has 0 spiro atoms. The first-order valence-corrected chi connectivity index (χ1v) is 9.28. The van der Waals surface area contributed by atoms with Crippen LogP contribution in [-0.2, 0) is 0 Å². The summed E-state index contributed by atoms with van der Waals surface area (Å²) in [5.74, 6) is -0.540. The maximum Gasteiger partial charge on any atom is 0.284 e. The number of rotatable bonds is 3. The molecule has 3 aromatic rings. The molecule has 5 nitrogen and oxygen atoms in total. The molecule has 0 aliphatic heterocycles. The Bertz CT molecular complexity index is 997. The smallest absolute Gasteiger partial charge is 0.266 e. The average molecular weight is 364 g/mol. The molecule has 27 heavy (non-hydrogen) atoms. The molecule has 1 aliphatic rings. The lowest BCUT2D eigenvalue weighted by Gasteiger charge is -2.17. The quantitative estimate of drug-likeness (QED) is 0.711. The molecule has 0 N–H and O–H groups in total. The van der Waals surface area contributed by atoms with Gasteiger partial charge in [0.05, 0.1) is 11.7 Å². The van der Waals surface area contributed by atoms with E-state index in [1.807, 2.05) is 18.2 Å². The Morgan fingerprint density at radius 1 is 1.00 bits per heavy atom. The van der Waals surface area contributed by atoms with E-state index in [1.165, 1.54) is 31.4 Å². The van der Waals surface area contributed by atoms with E-state index in [9.17, 15) is 9.18 Å². The van der Waals surface area contributed by atoms with E-state index < -0.39 is 0 Å². The minimum absolute atomic E-state index is 0.231. The second-order valence-electron chi connectivity index (χ2n) is 6.78. The van der Waals surface area contributed by atoms with Crippen LogP contribution in [0.5, 0.6) is 0 Å². The number of halogens is 1. The van der Waals surface area contributed by atoms with Gasteiger partial charge in [-0.25, -0.2) is 9.07 Å². The van der Waals surface area contributed by atoms with Crippen LogP contribution in [0.4, 0.5) is 4.39 Å². The molecule has 0 unspecified atom stereocenters. The largest absolute Gasteiger partial charge is 0.284 e. The average Bonchev–Trinajstić information content (AvgIpc) is 3.19. The standard InChI is InChI=1S/C21H21FN4O/c22-16-9-11-18(12-10-16)26-15-13-19(24-26)21(27)25-14-5-4-8-20(25)23-17-6-2-1-3-7-17/h4-5,8-15,17H,1-3,6-7H2. The van der Waals surface area contributed by atoms with Crippen LogP contribution in [0.3, 0.4) is 0 Å². The van der Waals surface area contributed by atoms with Crippen molar-refractivity contribution < 1.29 is 9.18 Å². The Morgan fingerprint density at radius 3 is 2.56 bits per heavy atom. The third kappa shape index (κ3) is 3.89. The molecule has 1 saturated carbocycles. The van der Waals surface area contributed by atoms with Crippen LogP contribution in [0, 0.1) is 5.82 Å². The summed E-state index contributed by atoms with van der Waals surface area (Å²) in [6.45, 7) is 0. The number of carbonyl (C=O) groups excluding carboxylic acids is 1. The molecule has 138 valence electrons. The number of carbonyl (C=O) groups is 1. The van der Waals surface area contributed by atoms with Gasteiger partial charge in [-0.1, -0.05) is 25.3 Å². The lowest BCUT2D eigenvalue weighted by atomic mass is 9.96.